The van der Waals surface area contributed by atoms with Crippen molar-refractivity contribution in [1.29, 1.82) is 0 Å². The van der Waals surface area contributed by atoms with Gasteiger partial charge in [0.2, 0.25) is 0 Å². The van der Waals surface area contributed by atoms with Gasteiger partial charge in [-0.15, -0.1) is 12.4 Å². The minimum absolute atomic E-state index is 0. The number of hydrogen-bond acceptors (Lipinski definition) is 1. The van der Waals surface area contributed by atoms with Gasteiger partial charge in [-0.1, -0.05) is 6.07 Å². The molecule has 5 heteroatoms. The Balaban J connectivity index is 0.00000121. The Morgan fingerprint density at radius 1 is 1.25 bits per heavy atom. The first-order valence-corrected chi connectivity index (χ1v) is 2.95. The van der Waals surface area contributed by atoms with Crippen molar-refractivity contribution < 1.29 is 13.2 Å². The second kappa shape index (κ2) is 4.21. The molecule has 0 aliphatic rings. The number of nitrogens with two attached hydrogens (primary N) is 1. The molecule has 1 nitrogen and oxygen atoms in total. The van der Waals surface area contributed by atoms with Crippen molar-refractivity contribution in [2.75, 3.05) is 5.73 Å². The molecule has 1 aromatic carbocycles. The highest BCUT2D eigenvalue weighted by molar-refractivity contribution is 5.85. The maximum absolute atomic E-state index is 12.5. The van der Waals surface area contributed by atoms with Crippen LogP contribution in [0.1, 0.15) is 12.0 Å². The number of benzene rings is 1. The SMILES string of the molecule is Cl.Nc1cccc(F)c1C(F)F. The van der Waals surface area contributed by atoms with Gasteiger partial charge >= 0.3 is 0 Å². The number of alkyl halides is 2. The van der Waals surface area contributed by atoms with E-state index in [1.807, 2.05) is 0 Å². The van der Waals surface area contributed by atoms with Crippen LogP contribution in [-0.4, -0.2) is 0 Å². The second-order valence-electron chi connectivity index (χ2n) is 2.04. The van der Waals surface area contributed by atoms with Gasteiger partial charge in [0.1, 0.15) is 5.82 Å². The third kappa shape index (κ3) is 2.04. The zero-order valence-corrected chi connectivity index (χ0v) is 6.75. The van der Waals surface area contributed by atoms with E-state index in [4.69, 9.17) is 5.73 Å². The minimum Gasteiger partial charge on any atom is -0.398 e. The highest BCUT2D eigenvalue weighted by atomic mass is 35.5. The fourth-order valence-corrected chi connectivity index (χ4v) is 0.784. The molecule has 0 aliphatic heterocycles. The summed E-state index contributed by atoms with van der Waals surface area (Å²) in [4.78, 5) is 0. The number of hydrogen-bond donors (Lipinski definition) is 1. The fourth-order valence-electron chi connectivity index (χ4n) is 0.784. The van der Waals surface area contributed by atoms with Crippen molar-refractivity contribution in [1.82, 2.24) is 0 Å². The van der Waals surface area contributed by atoms with Crippen molar-refractivity contribution in [3.8, 4) is 0 Å². The number of rotatable bonds is 1. The lowest BCUT2D eigenvalue weighted by Gasteiger charge is -2.03. The maximum Gasteiger partial charge on any atom is 0.268 e. The molecule has 0 fully saturated rings. The van der Waals surface area contributed by atoms with Crippen LogP contribution in [0, 0.1) is 5.82 Å². The van der Waals surface area contributed by atoms with Crippen molar-refractivity contribution in [3.05, 3.63) is 29.6 Å². The average Bonchev–Trinajstić information content (AvgIpc) is 1.85. The Labute approximate surface area is 73.8 Å². The molecule has 2 N–H and O–H groups in total. The molecule has 0 heterocycles. The van der Waals surface area contributed by atoms with Gasteiger partial charge in [0, 0.05) is 5.69 Å². The van der Waals surface area contributed by atoms with Gasteiger partial charge in [-0.2, -0.15) is 0 Å². The summed E-state index contributed by atoms with van der Waals surface area (Å²) in [6.45, 7) is 0. The van der Waals surface area contributed by atoms with Gasteiger partial charge in [-0.3, -0.25) is 0 Å². The summed E-state index contributed by atoms with van der Waals surface area (Å²) in [5, 5.41) is 0. The minimum atomic E-state index is -2.85. The van der Waals surface area contributed by atoms with Crippen molar-refractivity contribution in [2.45, 2.75) is 6.43 Å². The van der Waals surface area contributed by atoms with Crippen molar-refractivity contribution in [3.63, 3.8) is 0 Å². The largest absolute Gasteiger partial charge is 0.398 e. The van der Waals surface area contributed by atoms with E-state index in [-0.39, 0.29) is 18.1 Å². The first-order chi connectivity index (χ1) is 5.13. The molecule has 68 valence electrons. The number of nitrogen functional groups attached to an aromatic ring is 1. The summed E-state index contributed by atoms with van der Waals surface area (Å²) in [5.41, 5.74) is 4.18. The Kier molecular flexibility index (Phi) is 3.89. The number of halogens is 4. The smallest absolute Gasteiger partial charge is 0.268 e. The fraction of sp³-hybridized carbons (Fsp3) is 0.143. The van der Waals surface area contributed by atoms with E-state index in [1.165, 1.54) is 12.1 Å². The van der Waals surface area contributed by atoms with Gasteiger partial charge in [0.05, 0.1) is 5.56 Å². The predicted molar refractivity (Wildman–Crippen MR) is 43.0 cm³/mol. The third-order valence-corrected chi connectivity index (χ3v) is 1.30. The van der Waals surface area contributed by atoms with Crippen LogP contribution in [0.3, 0.4) is 0 Å². The molecule has 0 atom stereocenters. The highest BCUT2D eigenvalue weighted by Gasteiger charge is 2.15. The molecule has 12 heavy (non-hydrogen) atoms. The molecule has 0 bridgehead atoms. The molecule has 0 amide bonds. The lowest BCUT2D eigenvalue weighted by atomic mass is 10.2. The molecule has 0 aliphatic carbocycles. The first kappa shape index (κ1) is 11.1. The van der Waals surface area contributed by atoms with Crippen LogP contribution in [0.2, 0.25) is 0 Å². The molecule has 1 rings (SSSR count). The van der Waals surface area contributed by atoms with E-state index in [0.717, 1.165) is 6.07 Å². The van der Waals surface area contributed by atoms with Crippen LogP contribution in [0.4, 0.5) is 18.9 Å². The van der Waals surface area contributed by atoms with E-state index in [9.17, 15) is 13.2 Å². The van der Waals surface area contributed by atoms with Gasteiger partial charge < -0.3 is 5.73 Å². The highest BCUT2D eigenvalue weighted by Crippen LogP contribution is 2.26. The van der Waals surface area contributed by atoms with Gasteiger partial charge in [-0.05, 0) is 12.1 Å². The van der Waals surface area contributed by atoms with Gasteiger partial charge in [0.15, 0.2) is 0 Å². The summed E-state index contributed by atoms with van der Waals surface area (Å²) >= 11 is 0. The summed E-state index contributed by atoms with van der Waals surface area (Å²) in [6.07, 6.45) is -2.85. The van der Waals surface area contributed by atoms with Gasteiger partial charge in [-0.25, -0.2) is 13.2 Å². The normalized spacial score (nSPS) is 9.67. The molecule has 0 unspecified atom stereocenters. The Morgan fingerprint density at radius 2 is 1.83 bits per heavy atom. The van der Waals surface area contributed by atoms with E-state index < -0.39 is 17.8 Å². The molecule has 0 spiro atoms. The zero-order chi connectivity index (χ0) is 8.43. The molecular weight excluding hydrogens is 191 g/mol. The van der Waals surface area contributed by atoms with Crippen LogP contribution >= 0.6 is 12.4 Å². The van der Waals surface area contributed by atoms with E-state index >= 15 is 0 Å². The first-order valence-electron chi connectivity index (χ1n) is 2.95. The van der Waals surface area contributed by atoms with E-state index in [2.05, 4.69) is 0 Å². The molecule has 0 saturated heterocycles. The monoisotopic (exact) mass is 197 g/mol. The van der Waals surface area contributed by atoms with Crippen molar-refractivity contribution >= 4 is 18.1 Å². The average molecular weight is 198 g/mol. The maximum atomic E-state index is 12.5. The van der Waals surface area contributed by atoms with Crippen LogP contribution in [0.25, 0.3) is 0 Å². The lowest BCUT2D eigenvalue weighted by Crippen LogP contribution is -1.97. The Bertz CT molecular complexity index is 245. The number of anilines is 1. The zero-order valence-electron chi connectivity index (χ0n) is 5.93. The summed E-state index contributed by atoms with van der Waals surface area (Å²) in [5.74, 6) is -0.958. The van der Waals surface area contributed by atoms with Gasteiger partial charge in [0.25, 0.3) is 6.43 Å². The Hall–Kier alpha value is -0.900. The summed E-state index contributed by atoms with van der Waals surface area (Å²) < 4.78 is 36.5. The van der Waals surface area contributed by atoms with Crippen LogP contribution in [0.15, 0.2) is 18.2 Å². The predicted octanol–water partition coefficient (Wildman–Crippen LogP) is 2.77. The third-order valence-electron chi connectivity index (χ3n) is 1.30. The summed E-state index contributed by atoms with van der Waals surface area (Å²) in [7, 11) is 0. The molecular formula is C7H7ClF3N. The summed E-state index contributed by atoms with van der Waals surface area (Å²) in [6, 6.07) is 3.49. The molecule has 0 aromatic heterocycles. The second-order valence-corrected chi connectivity index (χ2v) is 2.04. The van der Waals surface area contributed by atoms with Crippen LogP contribution in [0.5, 0.6) is 0 Å². The molecule has 0 saturated carbocycles. The lowest BCUT2D eigenvalue weighted by molar-refractivity contribution is 0.147. The van der Waals surface area contributed by atoms with E-state index in [0.29, 0.717) is 0 Å². The standard InChI is InChI=1S/C7H6F3N.ClH/c8-4-2-1-3-5(11)6(4)7(9)10;/h1-3,7H,11H2;1H. The quantitative estimate of drug-likeness (QED) is 0.689. The molecule has 0 radical (unpaired) electrons. The Morgan fingerprint density at radius 3 is 2.17 bits per heavy atom. The molecule has 1 aromatic rings. The van der Waals surface area contributed by atoms with Crippen molar-refractivity contribution in [2.24, 2.45) is 0 Å². The topological polar surface area (TPSA) is 26.0 Å². The van der Waals surface area contributed by atoms with Crippen LogP contribution < -0.4 is 5.73 Å². The van der Waals surface area contributed by atoms with Crippen LogP contribution in [-0.2, 0) is 0 Å². The van der Waals surface area contributed by atoms with E-state index in [1.54, 1.807) is 0 Å².